The van der Waals surface area contributed by atoms with Crippen LogP contribution in [0.4, 0.5) is 5.95 Å². The van der Waals surface area contributed by atoms with Crippen LogP contribution >= 0.6 is 0 Å². The maximum absolute atomic E-state index is 11.4. The summed E-state index contributed by atoms with van der Waals surface area (Å²) in [7, 11) is 0. The lowest BCUT2D eigenvalue weighted by molar-refractivity contribution is -0.143. The molecule has 0 radical (unpaired) electrons. The maximum atomic E-state index is 11.4. The minimum absolute atomic E-state index is 0.0974. The van der Waals surface area contributed by atoms with Crippen molar-refractivity contribution in [3.63, 3.8) is 0 Å². The molecule has 0 amide bonds. The average Bonchev–Trinajstić information content (AvgIpc) is 2.56. The molecule has 1 aromatic carbocycles. The highest BCUT2D eigenvalue weighted by molar-refractivity contribution is 5.80. The van der Waals surface area contributed by atoms with Crippen LogP contribution in [-0.4, -0.2) is 22.1 Å². The molecule has 1 heterocycles. The monoisotopic (exact) mass is 219 g/mol. The van der Waals surface area contributed by atoms with E-state index in [1.807, 2.05) is 24.3 Å². The van der Waals surface area contributed by atoms with Gasteiger partial charge < -0.3 is 10.5 Å². The zero-order valence-corrected chi connectivity index (χ0v) is 9.01. The smallest absolute Gasteiger partial charge is 0.326 e. The van der Waals surface area contributed by atoms with Crippen molar-refractivity contribution in [3.8, 4) is 0 Å². The van der Waals surface area contributed by atoms with Crippen molar-refractivity contribution >= 4 is 23.0 Å². The Morgan fingerprint density at radius 3 is 3.00 bits per heavy atom. The first-order chi connectivity index (χ1) is 7.72. The van der Waals surface area contributed by atoms with Crippen LogP contribution in [0.5, 0.6) is 0 Å². The first-order valence-electron chi connectivity index (χ1n) is 5.08. The number of carbonyl (C=O) groups excluding carboxylic acids is 1. The van der Waals surface area contributed by atoms with Crippen molar-refractivity contribution in [1.82, 2.24) is 9.55 Å². The number of carbonyl (C=O) groups is 1. The number of ether oxygens (including phenoxy) is 1. The van der Waals surface area contributed by atoms with E-state index in [1.54, 1.807) is 11.5 Å². The lowest BCUT2D eigenvalue weighted by atomic mass is 10.3. The number of nitrogens with two attached hydrogens (primary N) is 1. The molecule has 0 aliphatic heterocycles. The minimum Gasteiger partial charge on any atom is -0.465 e. The van der Waals surface area contributed by atoms with Gasteiger partial charge in [-0.05, 0) is 19.1 Å². The second kappa shape index (κ2) is 4.22. The first kappa shape index (κ1) is 10.5. The maximum Gasteiger partial charge on any atom is 0.326 e. The van der Waals surface area contributed by atoms with E-state index >= 15 is 0 Å². The predicted molar refractivity (Wildman–Crippen MR) is 60.8 cm³/mol. The molecule has 2 rings (SSSR count). The molecule has 0 aliphatic rings. The Hall–Kier alpha value is -2.04. The highest BCUT2D eigenvalue weighted by Crippen LogP contribution is 2.16. The van der Waals surface area contributed by atoms with Gasteiger partial charge in [0.25, 0.3) is 0 Å². The lowest BCUT2D eigenvalue weighted by Gasteiger charge is -2.05. The van der Waals surface area contributed by atoms with Gasteiger partial charge in [-0.2, -0.15) is 0 Å². The number of fused-ring (bicyclic) bond motifs is 1. The van der Waals surface area contributed by atoms with E-state index < -0.39 is 0 Å². The van der Waals surface area contributed by atoms with Gasteiger partial charge in [0, 0.05) is 0 Å². The number of para-hydroxylation sites is 2. The van der Waals surface area contributed by atoms with E-state index in [4.69, 9.17) is 10.5 Å². The summed E-state index contributed by atoms with van der Waals surface area (Å²) >= 11 is 0. The molecule has 2 N–H and O–H groups in total. The number of nitrogen functional groups attached to an aromatic ring is 1. The van der Waals surface area contributed by atoms with E-state index in [1.165, 1.54) is 0 Å². The van der Waals surface area contributed by atoms with Crippen LogP contribution in [0.1, 0.15) is 6.92 Å². The molecule has 84 valence electrons. The Bertz CT molecular complexity index is 519. The fourth-order valence-electron chi connectivity index (χ4n) is 1.60. The quantitative estimate of drug-likeness (QED) is 0.787. The van der Waals surface area contributed by atoms with Gasteiger partial charge in [-0.25, -0.2) is 4.98 Å². The summed E-state index contributed by atoms with van der Waals surface area (Å²) in [6.07, 6.45) is 0. The number of esters is 1. The van der Waals surface area contributed by atoms with Crippen LogP contribution in [-0.2, 0) is 16.1 Å². The molecule has 0 bridgehead atoms. The van der Waals surface area contributed by atoms with Gasteiger partial charge in [0.2, 0.25) is 5.95 Å². The SMILES string of the molecule is CCOC(=O)Cn1c(N)nc2ccccc21. The molecule has 5 heteroatoms. The third-order valence-corrected chi connectivity index (χ3v) is 2.28. The molecule has 0 spiro atoms. The summed E-state index contributed by atoms with van der Waals surface area (Å²) in [4.78, 5) is 15.5. The number of benzene rings is 1. The summed E-state index contributed by atoms with van der Waals surface area (Å²) in [5.74, 6) is 0.0200. The molecule has 5 nitrogen and oxygen atoms in total. The number of anilines is 1. The Balaban J connectivity index is 2.36. The van der Waals surface area contributed by atoms with Crippen molar-refractivity contribution < 1.29 is 9.53 Å². The fraction of sp³-hybridized carbons (Fsp3) is 0.273. The van der Waals surface area contributed by atoms with Gasteiger partial charge >= 0.3 is 5.97 Å². The van der Waals surface area contributed by atoms with Crippen LogP contribution in [0, 0.1) is 0 Å². The van der Waals surface area contributed by atoms with Gasteiger partial charge in [-0.15, -0.1) is 0 Å². The number of nitrogens with zero attached hydrogens (tertiary/aromatic N) is 2. The first-order valence-corrected chi connectivity index (χ1v) is 5.08. The number of imidazole rings is 1. The zero-order chi connectivity index (χ0) is 11.5. The van der Waals surface area contributed by atoms with Crippen LogP contribution in [0.15, 0.2) is 24.3 Å². The van der Waals surface area contributed by atoms with E-state index in [-0.39, 0.29) is 12.5 Å². The van der Waals surface area contributed by atoms with Gasteiger partial charge in [0.05, 0.1) is 17.6 Å². The van der Waals surface area contributed by atoms with E-state index in [0.29, 0.717) is 12.6 Å². The Morgan fingerprint density at radius 1 is 1.50 bits per heavy atom. The van der Waals surface area contributed by atoms with E-state index in [0.717, 1.165) is 11.0 Å². The molecule has 16 heavy (non-hydrogen) atoms. The Kier molecular flexibility index (Phi) is 2.76. The van der Waals surface area contributed by atoms with Gasteiger partial charge in [0.15, 0.2) is 0 Å². The second-order valence-corrected chi connectivity index (χ2v) is 3.35. The summed E-state index contributed by atoms with van der Waals surface area (Å²) in [6.45, 7) is 2.23. The highest BCUT2D eigenvalue weighted by atomic mass is 16.5. The number of rotatable bonds is 3. The van der Waals surface area contributed by atoms with Crippen molar-refractivity contribution in [2.75, 3.05) is 12.3 Å². The highest BCUT2D eigenvalue weighted by Gasteiger charge is 2.11. The van der Waals surface area contributed by atoms with Crippen LogP contribution < -0.4 is 5.73 Å². The molecule has 0 fully saturated rings. The molecule has 0 atom stereocenters. The normalized spacial score (nSPS) is 10.6. The van der Waals surface area contributed by atoms with Crippen LogP contribution in [0.25, 0.3) is 11.0 Å². The van der Waals surface area contributed by atoms with Gasteiger partial charge in [0.1, 0.15) is 6.54 Å². The standard InChI is InChI=1S/C11H13N3O2/c1-2-16-10(15)7-14-9-6-4-3-5-8(9)13-11(14)12/h3-6H,2,7H2,1H3,(H2,12,13). The van der Waals surface area contributed by atoms with Gasteiger partial charge in [-0.1, -0.05) is 12.1 Å². The number of hydrogen-bond acceptors (Lipinski definition) is 4. The largest absolute Gasteiger partial charge is 0.465 e. The van der Waals surface area contributed by atoms with Gasteiger partial charge in [-0.3, -0.25) is 9.36 Å². The minimum atomic E-state index is -0.308. The van der Waals surface area contributed by atoms with E-state index in [2.05, 4.69) is 4.98 Å². The topological polar surface area (TPSA) is 70.1 Å². The Morgan fingerprint density at radius 2 is 2.25 bits per heavy atom. The van der Waals surface area contributed by atoms with Crippen molar-refractivity contribution in [1.29, 1.82) is 0 Å². The molecule has 1 aromatic heterocycles. The summed E-state index contributed by atoms with van der Waals surface area (Å²) < 4.78 is 6.52. The molecule has 0 aliphatic carbocycles. The average molecular weight is 219 g/mol. The van der Waals surface area contributed by atoms with E-state index in [9.17, 15) is 4.79 Å². The third-order valence-electron chi connectivity index (χ3n) is 2.28. The summed E-state index contributed by atoms with van der Waals surface area (Å²) in [6, 6.07) is 7.49. The van der Waals surface area contributed by atoms with Crippen LogP contribution in [0.3, 0.4) is 0 Å². The molecular weight excluding hydrogens is 206 g/mol. The summed E-state index contributed by atoms with van der Waals surface area (Å²) in [5.41, 5.74) is 7.36. The van der Waals surface area contributed by atoms with Crippen molar-refractivity contribution in [2.45, 2.75) is 13.5 Å². The lowest BCUT2D eigenvalue weighted by Crippen LogP contribution is -2.15. The molecule has 0 saturated carbocycles. The van der Waals surface area contributed by atoms with Crippen LogP contribution in [0.2, 0.25) is 0 Å². The number of hydrogen-bond donors (Lipinski definition) is 1. The fourth-order valence-corrected chi connectivity index (χ4v) is 1.60. The molecular formula is C11H13N3O2. The van der Waals surface area contributed by atoms with Crippen molar-refractivity contribution in [2.24, 2.45) is 0 Å². The summed E-state index contributed by atoms with van der Waals surface area (Å²) in [5, 5.41) is 0. The Labute approximate surface area is 92.8 Å². The molecule has 0 saturated heterocycles. The number of aromatic nitrogens is 2. The predicted octanol–water partition coefficient (Wildman–Crippen LogP) is 1.18. The zero-order valence-electron chi connectivity index (χ0n) is 9.01. The molecule has 0 unspecified atom stereocenters. The third kappa shape index (κ3) is 1.84. The van der Waals surface area contributed by atoms with Crippen molar-refractivity contribution in [3.05, 3.63) is 24.3 Å². The second-order valence-electron chi connectivity index (χ2n) is 3.35. The molecule has 2 aromatic rings.